The van der Waals surface area contributed by atoms with Gasteiger partial charge in [-0.2, -0.15) is 0 Å². The zero-order chi connectivity index (χ0) is 15.4. The number of methoxy groups -OCH3 is 1. The van der Waals surface area contributed by atoms with E-state index in [0.717, 1.165) is 16.9 Å². The molecule has 1 unspecified atom stereocenters. The lowest BCUT2D eigenvalue weighted by molar-refractivity contribution is 0.0939. The van der Waals surface area contributed by atoms with Crippen LogP contribution in [0.2, 0.25) is 0 Å². The Labute approximate surface area is 124 Å². The summed E-state index contributed by atoms with van der Waals surface area (Å²) in [4.78, 5) is 12.3. The summed E-state index contributed by atoms with van der Waals surface area (Å²) in [5.74, 6) is 0.605. The Hall–Kier alpha value is -2.49. The first kappa shape index (κ1) is 14.9. The molecule has 2 aromatic carbocycles. The Bertz CT molecular complexity index is 653. The predicted molar refractivity (Wildman–Crippen MR) is 84.5 cm³/mol. The molecule has 0 bridgehead atoms. The lowest BCUT2D eigenvalue weighted by Crippen LogP contribution is -2.27. The van der Waals surface area contributed by atoms with Gasteiger partial charge in [-0.25, -0.2) is 0 Å². The quantitative estimate of drug-likeness (QED) is 0.848. The number of carbonyl (C=O) groups excluding carboxylic acids is 1. The third-order valence-corrected chi connectivity index (χ3v) is 3.49. The van der Waals surface area contributed by atoms with Gasteiger partial charge in [-0.15, -0.1) is 0 Å². The number of nitrogens with one attached hydrogen (secondary N) is 1. The standard InChI is InChI=1S/C17H20N2O2/c1-11-8-9-13(10-15(11)18)17(20)19-12(2)14-6-4-5-7-16(14)21-3/h4-10,12H,18H2,1-3H3,(H,19,20). The normalized spacial score (nSPS) is 11.8. The molecule has 2 rings (SSSR count). The van der Waals surface area contributed by atoms with Gasteiger partial charge in [0.1, 0.15) is 5.75 Å². The van der Waals surface area contributed by atoms with Gasteiger partial charge in [0.05, 0.1) is 13.2 Å². The number of amides is 1. The maximum absolute atomic E-state index is 12.3. The minimum Gasteiger partial charge on any atom is -0.496 e. The summed E-state index contributed by atoms with van der Waals surface area (Å²) in [6.45, 7) is 3.84. The molecule has 0 heterocycles. The number of ether oxygens (including phenoxy) is 1. The summed E-state index contributed by atoms with van der Waals surface area (Å²) in [7, 11) is 1.62. The average Bonchev–Trinajstić information content (AvgIpc) is 2.49. The molecule has 0 aliphatic heterocycles. The molecule has 2 aromatic rings. The molecule has 0 radical (unpaired) electrons. The molecule has 0 aromatic heterocycles. The Kier molecular flexibility index (Phi) is 4.48. The van der Waals surface area contributed by atoms with Crippen LogP contribution in [-0.2, 0) is 0 Å². The molecule has 110 valence electrons. The minimum absolute atomic E-state index is 0.153. The van der Waals surface area contributed by atoms with Crippen LogP contribution in [0.3, 0.4) is 0 Å². The summed E-state index contributed by atoms with van der Waals surface area (Å²) in [6, 6.07) is 12.8. The third-order valence-electron chi connectivity index (χ3n) is 3.49. The largest absolute Gasteiger partial charge is 0.496 e. The van der Waals surface area contributed by atoms with Gasteiger partial charge in [0.25, 0.3) is 5.91 Å². The fraction of sp³-hybridized carbons (Fsp3) is 0.235. The van der Waals surface area contributed by atoms with Crippen molar-refractivity contribution in [3.8, 4) is 5.75 Å². The number of para-hydroxylation sites is 1. The van der Waals surface area contributed by atoms with Crippen molar-refractivity contribution in [2.45, 2.75) is 19.9 Å². The Morgan fingerprint density at radius 1 is 1.24 bits per heavy atom. The first-order valence-corrected chi connectivity index (χ1v) is 6.83. The van der Waals surface area contributed by atoms with Gasteiger partial charge < -0.3 is 15.8 Å². The van der Waals surface area contributed by atoms with Crippen LogP contribution in [0.15, 0.2) is 42.5 Å². The molecule has 21 heavy (non-hydrogen) atoms. The Morgan fingerprint density at radius 2 is 1.95 bits per heavy atom. The van der Waals surface area contributed by atoms with Crippen molar-refractivity contribution in [3.05, 3.63) is 59.2 Å². The smallest absolute Gasteiger partial charge is 0.251 e. The molecule has 0 saturated carbocycles. The number of aryl methyl sites for hydroxylation is 1. The van der Waals surface area contributed by atoms with Crippen LogP contribution in [0.5, 0.6) is 5.75 Å². The maximum atomic E-state index is 12.3. The lowest BCUT2D eigenvalue weighted by atomic mass is 10.1. The van der Waals surface area contributed by atoms with Gasteiger partial charge in [-0.1, -0.05) is 24.3 Å². The van der Waals surface area contributed by atoms with Crippen molar-refractivity contribution in [3.63, 3.8) is 0 Å². The number of benzene rings is 2. The molecule has 1 atom stereocenters. The topological polar surface area (TPSA) is 64.3 Å². The van der Waals surface area contributed by atoms with E-state index in [0.29, 0.717) is 11.3 Å². The fourth-order valence-electron chi connectivity index (χ4n) is 2.16. The van der Waals surface area contributed by atoms with Crippen LogP contribution in [0.4, 0.5) is 5.69 Å². The molecule has 0 aliphatic carbocycles. The highest BCUT2D eigenvalue weighted by atomic mass is 16.5. The van der Waals surface area contributed by atoms with Gasteiger partial charge in [0, 0.05) is 16.8 Å². The van der Waals surface area contributed by atoms with E-state index in [2.05, 4.69) is 5.32 Å². The summed E-state index contributed by atoms with van der Waals surface area (Å²) < 4.78 is 5.32. The summed E-state index contributed by atoms with van der Waals surface area (Å²) in [5, 5.41) is 2.96. The molecular weight excluding hydrogens is 264 g/mol. The average molecular weight is 284 g/mol. The SMILES string of the molecule is COc1ccccc1C(C)NC(=O)c1ccc(C)c(N)c1. The van der Waals surface area contributed by atoms with Gasteiger partial charge >= 0.3 is 0 Å². The number of carbonyl (C=O) groups is 1. The molecule has 0 spiro atoms. The van der Waals surface area contributed by atoms with Gasteiger partial charge in [0.2, 0.25) is 0 Å². The lowest BCUT2D eigenvalue weighted by Gasteiger charge is -2.17. The van der Waals surface area contributed by atoms with Crippen molar-refractivity contribution in [2.24, 2.45) is 0 Å². The zero-order valence-corrected chi connectivity index (χ0v) is 12.5. The first-order chi connectivity index (χ1) is 10.0. The van der Waals surface area contributed by atoms with E-state index in [9.17, 15) is 4.79 Å². The van der Waals surface area contributed by atoms with Crippen LogP contribution in [0.25, 0.3) is 0 Å². The molecular formula is C17H20N2O2. The number of rotatable bonds is 4. The van der Waals surface area contributed by atoms with E-state index in [-0.39, 0.29) is 11.9 Å². The second-order valence-corrected chi connectivity index (χ2v) is 5.01. The van der Waals surface area contributed by atoms with Crippen molar-refractivity contribution in [1.82, 2.24) is 5.32 Å². The third kappa shape index (κ3) is 3.34. The predicted octanol–water partition coefficient (Wildman–Crippen LogP) is 3.08. The summed E-state index contributed by atoms with van der Waals surface area (Å²) in [5.41, 5.74) is 8.92. The van der Waals surface area contributed by atoms with Crippen LogP contribution < -0.4 is 15.8 Å². The summed E-state index contributed by atoms with van der Waals surface area (Å²) in [6.07, 6.45) is 0. The zero-order valence-electron chi connectivity index (χ0n) is 12.5. The van der Waals surface area contributed by atoms with Crippen LogP contribution >= 0.6 is 0 Å². The second-order valence-electron chi connectivity index (χ2n) is 5.01. The van der Waals surface area contributed by atoms with Crippen LogP contribution in [0.1, 0.15) is 34.5 Å². The number of nitrogen functional groups attached to an aromatic ring is 1. The van der Waals surface area contributed by atoms with Crippen LogP contribution in [-0.4, -0.2) is 13.0 Å². The van der Waals surface area contributed by atoms with Crippen LogP contribution in [0, 0.1) is 6.92 Å². The van der Waals surface area contributed by atoms with Crippen molar-refractivity contribution in [1.29, 1.82) is 0 Å². The molecule has 4 nitrogen and oxygen atoms in total. The molecule has 4 heteroatoms. The van der Waals surface area contributed by atoms with Gasteiger partial charge in [-0.3, -0.25) is 4.79 Å². The molecule has 1 amide bonds. The highest BCUT2D eigenvalue weighted by Gasteiger charge is 2.15. The number of nitrogens with two attached hydrogens (primary N) is 1. The molecule has 0 fully saturated rings. The van der Waals surface area contributed by atoms with E-state index in [1.165, 1.54) is 0 Å². The second kappa shape index (κ2) is 6.31. The van der Waals surface area contributed by atoms with Crippen molar-refractivity contribution >= 4 is 11.6 Å². The van der Waals surface area contributed by atoms with E-state index in [1.54, 1.807) is 19.2 Å². The Balaban J connectivity index is 2.16. The highest BCUT2D eigenvalue weighted by molar-refractivity contribution is 5.95. The monoisotopic (exact) mass is 284 g/mol. The van der Waals surface area contributed by atoms with E-state index >= 15 is 0 Å². The number of hydrogen-bond donors (Lipinski definition) is 2. The van der Waals surface area contributed by atoms with Crippen molar-refractivity contribution in [2.75, 3.05) is 12.8 Å². The first-order valence-electron chi connectivity index (χ1n) is 6.83. The molecule has 0 aliphatic rings. The molecule has 0 saturated heterocycles. The number of hydrogen-bond acceptors (Lipinski definition) is 3. The van der Waals surface area contributed by atoms with E-state index in [4.69, 9.17) is 10.5 Å². The van der Waals surface area contributed by atoms with E-state index in [1.807, 2.05) is 44.2 Å². The number of anilines is 1. The minimum atomic E-state index is -0.156. The van der Waals surface area contributed by atoms with Gasteiger partial charge in [0.15, 0.2) is 0 Å². The van der Waals surface area contributed by atoms with Gasteiger partial charge in [-0.05, 0) is 37.6 Å². The Morgan fingerprint density at radius 3 is 2.62 bits per heavy atom. The highest BCUT2D eigenvalue weighted by Crippen LogP contribution is 2.24. The maximum Gasteiger partial charge on any atom is 0.251 e. The fourth-order valence-corrected chi connectivity index (χ4v) is 2.16. The van der Waals surface area contributed by atoms with Crippen molar-refractivity contribution < 1.29 is 9.53 Å². The van der Waals surface area contributed by atoms with E-state index < -0.39 is 0 Å². The summed E-state index contributed by atoms with van der Waals surface area (Å²) >= 11 is 0. The molecule has 3 N–H and O–H groups in total.